The van der Waals surface area contributed by atoms with E-state index in [0.717, 1.165) is 5.69 Å². The topological polar surface area (TPSA) is 54.9 Å². The van der Waals surface area contributed by atoms with E-state index in [4.69, 9.17) is 0 Å². The number of nitrogens with zero attached hydrogens (tertiary/aromatic N) is 2. The summed E-state index contributed by atoms with van der Waals surface area (Å²) in [6.45, 7) is 0.464. The monoisotopic (exact) mass is 137 g/mol. The summed E-state index contributed by atoms with van der Waals surface area (Å²) >= 11 is 0. The molecule has 0 aliphatic carbocycles. The van der Waals surface area contributed by atoms with Gasteiger partial charge in [-0.05, 0) is 6.07 Å². The van der Waals surface area contributed by atoms with Gasteiger partial charge < -0.3 is 5.32 Å². The summed E-state index contributed by atoms with van der Waals surface area (Å²) in [5, 5.41) is 2.49. The maximum Gasteiger partial charge on any atom is 0.207 e. The summed E-state index contributed by atoms with van der Waals surface area (Å²) in [5.41, 5.74) is 0.808. The number of rotatable bonds is 3. The molecule has 0 atom stereocenters. The van der Waals surface area contributed by atoms with Gasteiger partial charge in [0.2, 0.25) is 6.41 Å². The van der Waals surface area contributed by atoms with Crippen LogP contribution in [0.3, 0.4) is 0 Å². The molecule has 0 spiro atoms. The highest BCUT2D eigenvalue weighted by atomic mass is 16.1. The highest BCUT2D eigenvalue weighted by molar-refractivity contribution is 5.45. The molecule has 0 saturated carbocycles. The molecule has 0 aliphatic heterocycles. The van der Waals surface area contributed by atoms with Crippen LogP contribution < -0.4 is 5.32 Å². The van der Waals surface area contributed by atoms with Crippen LogP contribution in [-0.4, -0.2) is 16.4 Å². The first-order chi connectivity index (χ1) is 4.93. The average Bonchev–Trinajstić information content (AvgIpc) is 2.03. The van der Waals surface area contributed by atoms with Gasteiger partial charge in [0, 0.05) is 6.20 Å². The quantitative estimate of drug-likeness (QED) is 0.583. The molecule has 1 N–H and O–H groups in total. The van der Waals surface area contributed by atoms with Gasteiger partial charge in [-0.3, -0.25) is 4.79 Å². The first kappa shape index (κ1) is 6.67. The van der Waals surface area contributed by atoms with Crippen LogP contribution in [0.2, 0.25) is 0 Å². The van der Waals surface area contributed by atoms with Gasteiger partial charge in [0.15, 0.2) is 0 Å². The minimum Gasteiger partial charge on any atom is -0.353 e. The Balaban J connectivity index is 2.50. The van der Waals surface area contributed by atoms with E-state index >= 15 is 0 Å². The molecular formula is C6H7N3O. The van der Waals surface area contributed by atoms with Gasteiger partial charge in [-0.1, -0.05) is 0 Å². The van der Waals surface area contributed by atoms with E-state index in [1.807, 2.05) is 0 Å². The number of nitrogens with one attached hydrogen (secondary N) is 1. The number of aromatic nitrogens is 2. The molecule has 0 saturated heterocycles. The van der Waals surface area contributed by atoms with Gasteiger partial charge in [0.1, 0.15) is 6.33 Å². The Morgan fingerprint density at radius 1 is 1.70 bits per heavy atom. The third-order valence-corrected chi connectivity index (χ3v) is 1.01. The molecule has 0 fully saturated rings. The van der Waals surface area contributed by atoms with Crippen LogP contribution in [0.15, 0.2) is 18.6 Å². The van der Waals surface area contributed by atoms with Gasteiger partial charge >= 0.3 is 0 Å². The molecule has 0 unspecified atom stereocenters. The van der Waals surface area contributed by atoms with Crippen molar-refractivity contribution in [2.75, 3.05) is 0 Å². The maximum absolute atomic E-state index is 9.82. The zero-order valence-corrected chi connectivity index (χ0v) is 5.32. The van der Waals surface area contributed by atoms with Crippen LogP contribution >= 0.6 is 0 Å². The van der Waals surface area contributed by atoms with Crippen molar-refractivity contribution < 1.29 is 4.79 Å². The lowest BCUT2D eigenvalue weighted by Crippen LogP contribution is -2.10. The van der Waals surface area contributed by atoms with Crippen molar-refractivity contribution in [2.45, 2.75) is 6.54 Å². The molecule has 1 rings (SSSR count). The first-order valence-corrected chi connectivity index (χ1v) is 2.85. The van der Waals surface area contributed by atoms with Gasteiger partial charge in [0.05, 0.1) is 12.2 Å². The predicted molar refractivity (Wildman–Crippen MR) is 34.9 cm³/mol. The molecular weight excluding hydrogens is 130 g/mol. The fourth-order valence-corrected chi connectivity index (χ4v) is 0.569. The van der Waals surface area contributed by atoms with Gasteiger partial charge in [-0.2, -0.15) is 0 Å². The summed E-state index contributed by atoms with van der Waals surface area (Å²) in [5.74, 6) is 0. The molecule has 1 aromatic rings. The summed E-state index contributed by atoms with van der Waals surface area (Å²) < 4.78 is 0. The lowest BCUT2D eigenvalue weighted by Gasteiger charge is -1.94. The zero-order chi connectivity index (χ0) is 7.23. The average molecular weight is 137 g/mol. The van der Waals surface area contributed by atoms with Crippen molar-refractivity contribution in [3.63, 3.8) is 0 Å². The van der Waals surface area contributed by atoms with Crippen molar-refractivity contribution >= 4 is 6.41 Å². The fourth-order valence-electron chi connectivity index (χ4n) is 0.569. The van der Waals surface area contributed by atoms with Crippen LogP contribution in [0.5, 0.6) is 0 Å². The van der Waals surface area contributed by atoms with Crippen LogP contribution in [0.1, 0.15) is 5.69 Å². The van der Waals surface area contributed by atoms with Crippen LogP contribution in [-0.2, 0) is 11.3 Å². The predicted octanol–water partition coefficient (Wildman–Crippen LogP) is -0.277. The van der Waals surface area contributed by atoms with Crippen LogP contribution in [0, 0.1) is 0 Å². The van der Waals surface area contributed by atoms with Gasteiger partial charge in [-0.25, -0.2) is 9.97 Å². The molecule has 0 bridgehead atoms. The molecule has 1 heterocycles. The fraction of sp³-hybridized carbons (Fsp3) is 0.167. The van der Waals surface area contributed by atoms with E-state index in [0.29, 0.717) is 13.0 Å². The van der Waals surface area contributed by atoms with Crippen molar-refractivity contribution in [3.8, 4) is 0 Å². The van der Waals surface area contributed by atoms with Gasteiger partial charge in [0.25, 0.3) is 0 Å². The number of hydrogen-bond donors (Lipinski definition) is 1. The van der Waals surface area contributed by atoms with Gasteiger partial charge in [-0.15, -0.1) is 0 Å². The third-order valence-electron chi connectivity index (χ3n) is 1.01. The Hall–Kier alpha value is -1.45. The minimum absolute atomic E-state index is 0.464. The van der Waals surface area contributed by atoms with E-state index in [1.54, 1.807) is 12.3 Å². The molecule has 4 nitrogen and oxygen atoms in total. The Morgan fingerprint density at radius 3 is 3.20 bits per heavy atom. The van der Waals surface area contributed by atoms with Crippen molar-refractivity contribution in [1.29, 1.82) is 0 Å². The molecule has 1 amide bonds. The second kappa shape index (κ2) is 3.55. The summed E-state index contributed by atoms with van der Waals surface area (Å²) in [6, 6.07) is 1.75. The summed E-state index contributed by atoms with van der Waals surface area (Å²) in [4.78, 5) is 17.4. The second-order valence-corrected chi connectivity index (χ2v) is 1.70. The molecule has 4 heteroatoms. The first-order valence-electron chi connectivity index (χ1n) is 2.85. The zero-order valence-electron chi connectivity index (χ0n) is 5.32. The summed E-state index contributed by atoms with van der Waals surface area (Å²) in [7, 11) is 0. The maximum atomic E-state index is 9.82. The Bertz CT molecular complexity index is 199. The number of amides is 1. The highest BCUT2D eigenvalue weighted by Crippen LogP contribution is 1.87. The highest BCUT2D eigenvalue weighted by Gasteiger charge is 1.87. The van der Waals surface area contributed by atoms with Crippen molar-refractivity contribution in [3.05, 3.63) is 24.3 Å². The van der Waals surface area contributed by atoms with Crippen LogP contribution in [0.4, 0.5) is 0 Å². The SMILES string of the molecule is O=CNCc1ccncn1. The molecule has 0 aromatic carbocycles. The standard InChI is InChI=1S/C6H7N3O/c10-5-8-3-6-1-2-7-4-9-6/h1-2,4-5H,3H2,(H,8,10). The van der Waals surface area contributed by atoms with Crippen molar-refractivity contribution in [2.24, 2.45) is 0 Å². The van der Waals surface area contributed by atoms with Crippen LogP contribution in [0.25, 0.3) is 0 Å². The number of carbonyl (C=O) groups excluding carboxylic acids is 1. The Labute approximate surface area is 58.3 Å². The lowest BCUT2D eigenvalue weighted by molar-refractivity contribution is -0.109. The smallest absolute Gasteiger partial charge is 0.207 e. The van der Waals surface area contributed by atoms with E-state index in [2.05, 4.69) is 15.3 Å². The van der Waals surface area contributed by atoms with E-state index in [9.17, 15) is 4.79 Å². The Morgan fingerprint density at radius 2 is 2.60 bits per heavy atom. The minimum atomic E-state index is 0.464. The third kappa shape index (κ3) is 1.81. The van der Waals surface area contributed by atoms with Crippen molar-refractivity contribution in [1.82, 2.24) is 15.3 Å². The number of carbonyl (C=O) groups is 1. The molecule has 1 aromatic heterocycles. The number of hydrogen-bond acceptors (Lipinski definition) is 3. The molecule has 52 valence electrons. The molecule has 10 heavy (non-hydrogen) atoms. The van der Waals surface area contributed by atoms with E-state index < -0.39 is 0 Å². The molecule has 0 aliphatic rings. The normalized spacial score (nSPS) is 8.80. The Kier molecular flexibility index (Phi) is 2.37. The summed E-state index contributed by atoms with van der Waals surface area (Å²) in [6.07, 6.45) is 3.72. The lowest BCUT2D eigenvalue weighted by atomic mass is 10.4. The van der Waals surface area contributed by atoms with E-state index in [1.165, 1.54) is 6.33 Å². The van der Waals surface area contributed by atoms with E-state index in [-0.39, 0.29) is 0 Å². The second-order valence-electron chi connectivity index (χ2n) is 1.70. The molecule has 0 radical (unpaired) electrons. The largest absolute Gasteiger partial charge is 0.353 e.